The molecule has 0 spiro atoms. The minimum Gasteiger partial charge on any atom is -0.373 e. The van der Waals surface area contributed by atoms with E-state index in [4.69, 9.17) is 4.74 Å². The lowest BCUT2D eigenvalue weighted by atomic mass is 9.96. The maximum absolute atomic E-state index is 10.6. The third-order valence-corrected chi connectivity index (χ3v) is 2.56. The standard InChI is InChI=1S/C8H16O4S/c1-7(6-11-13(2,9)10)12-8-4-3-5-8/h7-8H,3-6H2,1-2H3. The van der Waals surface area contributed by atoms with Crippen molar-refractivity contribution >= 4 is 10.1 Å². The molecule has 1 aliphatic rings. The molecule has 5 heteroatoms. The molecular formula is C8H16O4S. The van der Waals surface area contributed by atoms with Gasteiger partial charge in [0, 0.05) is 0 Å². The summed E-state index contributed by atoms with van der Waals surface area (Å²) in [7, 11) is -3.32. The predicted octanol–water partition coefficient (Wildman–Crippen LogP) is 0.920. The van der Waals surface area contributed by atoms with Crippen LogP contribution in [0.5, 0.6) is 0 Å². The quantitative estimate of drug-likeness (QED) is 0.630. The van der Waals surface area contributed by atoms with Crippen molar-refractivity contribution < 1.29 is 17.3 Å². The van der Waals surface area contributed by atoms with Crippen molar-refractivity contribution in [3.63, 3.8) is 0 Å². The molecule has 0 aromatic heterocycles. The molecule has 0 aromatic rings. The lowest BCUT2D eigenvalue weighted by Gasteiger charge is -2.28. The first kappa shape index (κ1) is 10.9. The van der Waals surface area contributed by atoms with E-state index in [0.717, 1.165) is 19.1 Å². The third kappa shape index (κ3) is 4.59. The first-order valence-corrected chi connectivity index (χ1v) is 6.29. The highest BCUT2D eigenvalue weighted by Crippen LogP contribution is 2.23. The second kappa shape index (κ2) is 4.39. The first-order chi connectivity index (χ1) is 5.97. The molecule has 13 heavy (non-hydrogen) atoms. The van der Waals surface area contributed by atoms with Crippen molar-refractivity contribution in [1.29, 1.82) is 0 Å². The zero-order chi connectivity index (χ0) is 9.90. The molecule has 0 aliphatic heterocycles. The van der Waals surface area contributed by atoms with Crippen LogP contribution in [0.4, 0.5) is 0 Å². The summed E-state index contributed by atoms with van der Waals surface area (Å²) in [5, 5.41) is 0. The molecule has 0 amide bonds. The van der Waals surface area contributed by atoms with Crippen molar-refractivity contribution in [3.8, 4) is 0 Å². The Morgan fingerprint density at radius 2 is 2.08 bits per heavy atom. The summed E-state index contributed by atoms with van der Waals surface area (Å²) in [5.74, 6) is 0. The van der Waals surface area contributed by atoms with Gasteiger partial charge in [-0.25, -0.2) is 0 Å². The molecule has 0 radical (unpaired) electrons. The maximum atomic E-state index is 10.6. The van der Waals surface area contributed by atoms with Crippen LogP contribution in [0.15, 0.2) is 0 Å². The second-order valence-electron chi connectivity index (χ2n) is 3.49. The average molecular weight is 208 g/mol. The van der Waals surface area contributed by atoms with E-state index in [1.54, 1.807) is 0 Å². The van der Waals surface area contributed by atoms with E-state index in [9.17, 15) is 8.42 Å². The monoisotopic (exact) mass is 208 g/mol. The van der Waals surface area contributed by atoms with Gasteiger partial charge < -0.3 is 4.74 Å². The Bertz CT molecular complexity index is 243. The summed E-state index contributed by atoms with van der Waals surface area (Å²) < 4.78 is 31.4. The zero-order valence-electron chi connectivity index (χ0n) is 8.02. The summed E-state index contributed by atoms with van der Waals surface area (Å²) in [6.45, 7) is 1.94. The Morgan fingerprint density at radius 3 is 2.46 bits per heavy atom. The van der Waals surface area contributed by atoms with Crippen LogP contribution in [0.1, 0.15) is 26.2 Å². The van der Waals surface area contributed by atoms with Crippen molar-refractivity contribution in [2.24, 2.45) is 0 Å². The molecule has 1 aliphatic carbocycles. The molecule has 78 valence electrons. The molecule has 0 bridgehead atoms. The van der Waals surface area contributed by atoms with E-state index in [0.29, 0.717) is 6.10 Å². The van der Waals surface area contributed by atoms with E-state index >= 15 is 0 Å². The third-order valence-electron chi connectivity index (χ3n) is 1.99. The summed E-state index contributed by atoms with van der Waals surface area (Å²) in [6.07, 6.45) is 4.61. The molecule has 4 nitrogen and oxygen atoms in total. The fraction of sp³-hybridized carbons (Fsp3) is 1.00. The molecule has 1 saturated carbocycles. The molecule has 0 heterocycles. The highest BCUT2D eigenvalue weighted by atomic mass is 32.2. The lowest BCUT2D eigenvalue weighted by molar-refractivity contribution is -0.0577. The number of ether oxygens (including phenoxy) is 1. The molecular weight excluding hydrogens is 192 g/mol. The number of hydrogen-bond donors (Lipinski definition) is 0. The fourth-order valence-electron chi connectivity index (χ4n) is 1.09. The number of rotatable bonds is 5. The maximum Gasteiger partial charge on any atom is 0.264 e. The van der Waals surface area contributed by atoms with E-state index < -0.39 is 10.1 Å². The summed E-state index contributed by atoms with van der Waals surface area (Å²) >= 11 is 0. The van der Waals surface area contributed by atoms with Crippen LogP contribution < -0.4 is 0 Å². The molecule has 1 unspecified atom stereocenters. The van der Waals surface area contributed by atoms with Gasteiger partial charge in [0.15, 0.2) is 0 Å². The van der Waals surface area contributed by atoms with Crippen LogP contribution in [0.2, 0.25) is 0 Å². The van der Waals surface area contributed by atoms with Gasteiger partial charge in [-0.3, -0.25) is 4.18 Å². The van der Waals surface area contributed by atoms with Crippen LogP contribution in [0.25, 0.3) is 0 Å². The average Bonchev–Trinajstić information content (AvgIpc) is 1.91. The van der Waals surface area contributed by atoms with Crippen LogP contribution in [-0.2, 0) is 19.0 Å². The Labute approximate surface area is 79.3 Å². The Morgan fingerprint density at radius 1 is 1.46 bits per heavy atom. The van der Waals surface area contributed by atoms with Crippen molar-refractivity contribution in [2.75, 3.05) is 12.9 Å². The van der Waals surface area contributed by atoms with Gasteiger partial charge >= 0.3 is 0 Å². The van der Waals surface area contributed by atoms with Gasteiger partial charge in [0.05, 0.1) is 25.1 Å². The van der Waals surface area contributed by atoms with Crippen LogP contribution in [0.3, 0.4) is 0 Å². The molecule has 0 N–H and O–H groups in total. The first-order valence-electron chi connectivity index (χ1n) is 4.47. The summed E-state index contributed by atoms with van der Waals surface area (Å²) in [5.41, 5.74) is 0. The van der Waals surface area contributed by atoms with Crippen molar-refractivity contribution in [1.82, 2.24) is 0 Å². The Hall–Kier alpha value is -0.130. The normalized spacial score (nSPS) is 21.1. The number of hydrogen-bond acceptors (Lipinski definition) is 4. The predicted molar refractivity (Wildman–Crippen MR) is 49.0 cm³/mol. The summed E-state index contributed by atoms with van der Waals surface area (Å²) in [4.78, 5) is 0. The van der Waals surface area contributed by atoms with Gasteiger partial charge in [0.2, 0.25) is 0 Å². The molecule has 1 rings (SSSR count). The van der Waals surface area contributed by atoms with E-state index in [-0.39, 0.29) is 12.7 Å². The van der Waals surface area contributed by atoms with Gasteiger partial charge in [0.25, 0.3) is 10.1 Å². The SMILES string of the molecule is CC(COS(C)(=O)=O)OC1CCC1. The minimum absolute atomic E-state index is 0.120. The smallest absolute Gasteiger partial charge is 0.264 e. The molecule has 1 atom stereocenters. The van der Waals surface area contributed by atoms with E-state index in [1.165, 1.54) is 6.42 Å². The van der Waals surface area contributed by atoms with Crippen molar-refractivity contribution in [2.45, 2.75) is 38.4 Å². The highest BCUT2D eigenvalue weighted by molar-refractivity contribution is 7.85. The van der Waals surface area contributed by atoms with Crippen LogP contribution in [0, 0.1) is 0 Å². The Balaban J connectivity index is 2.13. The lowest BCUT2D eigenvalue weighted by Crippen LogP contribution is -2.29. The zero-order valence-corrected chi connectivity index (χ0v) is 8.84. The second-order valence-corrected chi connectivity index (χ2v) is 5.13. The van der Waals surface area contributed by atoms with Gasteiger partial charge in [0.1, 0.15) is 0 Å². The van der Waals surface area contributed by atoms with Crippen LogP contribution in [-0.4, -0.2) is 33.5 Å². The molecule has 1 fully saturated rings. The van der Waals surface area contributed by atoms with E-state index in [1.807, 2.05) is 6.92 Å². The fourth-order valence-corrected chi connectivity index (χ4v) is 1.53. The van der Waals surface area contributed by atoms with Crippen LogP contribution >= 0.6 is 0 Å². The largest absolute Gasteiger partial charge is 0.373 e. The van der Waals surface area contributed by atoms with E-state index in [2.05, 4.69) is 4.18 Å². The molecule has 0 saturated heterocycles. The van der Waals surface area contributed by atoms with Gasteiger partial charge in [-0.15, -0.1) is 0 Å². The topological polar surface area (TPSA) is 52.6 Å². The minimum atomic E-state index is -3.32. The van der Waals surface area contributed by atoms with Gasteiger partial charge in [-0.1, -0.05) is 0 Å². The van der Waals surface area contributed by atoms with Crippen molar-refractivity contribution in [3.05, 3.63) is 0 Å². The summed E-state index contributed by atoms with van der Waals surface area (Å²) in [6, 6.07) is 0. The molecule has 0 aromatic carbocycles. The highest BCUT2D eigenvalue weighted by Gasteiger charge is 2.21. The van der Waals surface area contributed by atoms with Gasteiger partial charge in [-0.2, -0.15) is 8.42 Å². The Kier molecular flexibility index (Phi) is 3.70. The van der Waals surface area contributed by atoms with Gasteiger partial charge in [-0.05, 0) is 26.2 Å².